The van der Waals surface area contributed by atoms with E-state index in [-0.39, 0.29) is 11.9 Å². The Bertz CT molecular complexity index is 867. The van der Waals surface area contributed by atoms with Crippen molar-refractivity contribution < 1.29 is 8.42 Å². The van der Waals surface area contributed by atoms with E-state index in [0.29, 0.717) is 0 Å². The van der Waals surface area contributed by atoms with Crippen molar-refractivity contribution in [3.8, 4) is 0 Å². The Balaban J connectivity index is 1.89. The Morgan fingerprint density at radius 2 is 2.22 bits per heavy atom. The van der Waals surface area contributed by atoms with Crippen molar-refractivity contribution in [2.45, 2.75) is 18.3 Å². The normalized spacial score (nSPS) is 18.0. The van der Waals surface area contributed by atoms with Gasteiger partial charge in [-0.15, -0.1) is 0 Å². The fourth-order valence-corrected chi connectivity index (χ4v) is 3.46. The molecule has 1 aromatic carbocycles. The first-order valence-corrected chi connectivity index (χ1v) is 9.06. The minimum absolute atomic E-state index is 0.0196. The third kappa shape index (κ3) is 3.46. The maximum absolute atomic E-state index is 11.7. The van der Waals surface area contributed by atoms with Crippen LogP contribution in [0.4, 0.5) is 0 Å². The predicted molar refractivity (Wildman–Crippen MR) is 92.9 cm³/mol. The van der Waals surface area contributed by atoms with E-state index in [2.05, 4.69) is 19.6 Å². The molecule has 0 unspecified atom stereocenters. The summed E-state index contributed by atoms with van der Waals surface area (Å²) in [6, 6.07) is 5.71. The lowest BCUT2D eigenvalue weighted by atomic mass is 10.1. The molecular formula is C16H20N4O2S. The predicted octanol–water partition coefficient (Wildman–Crippen LogP) is 1.62. The molecule has 0 amide bonds. The van der Waals surface area contributed by atoms with Gasteiger partial charge in [-0.05, 0) is 36.4 Å². The van der Waals surface area contributed by atoms with Gasteiger partial charge in [-0.3, -0.25) is 4.99 Å². The van der Waals surface area contributed by atoms with Crippen LogP contribution in [0.5, 0.6) is 0 Å². The van der Waals surface area contributed by atoms with Crippen LogP contribution in [0.2, 0.25) is 0 Å². The van der Waals surface area contributed by atoms with Gasteiger partial charge in [0, 0.05) is 43.0 Å². The number of sulfonamides is 1. The van der Waals surface area contributed by atoms with Crippen LogP contribution in [-0.4, -0.2) is 44.8 Å². The Hall–Kier alpha value is -2.12. The number of aromatic nitrogens is 1. The monoisotopic (exact) mass is 332 g/mol. The molecule has 7 heteroatoms. The number of hydrogen-bond acceptors (Lipinski definition) is 4. The zero-order chi connectivity index (χ0) is 16.4. The summed E-state index contributed by atoms with van der Waals surface area (Å²) in [5, 5.41) is 1.05. The summed E-state index contributed by atoms with van der Waals surface area (Å²) in [5.41, 5.74) is 2.91. The zero-order valence-corrected chi connectivity index (χ0v) is 14.0. The molecule has 0 saturated heterocycles. The molecule has 0 aliphatic carbocycles. The molecule has 3 rings (SSSR count). The molecule has 1 atom stereocenters. The van der Waals surface area contributed by atoms with E-state index in [9.17, 15) is 8.42 Å². The number of H-pyrrole nitrogens is 1. The third-order valence-electron chi connectivity index (χ3n) is 4.04. The van der Waals surface area contributed by atoms with E-state index in [4.69, 9.17) is 0 Å². The van der Waals surface area contributed by atoms with Crippen LogP contribution < -0.4 is 4.72 Å². The summed E-state index contributed by atoms with van der Waals surface area (Å²) in [6.07, 6.45) is 8.51. The van der Waals surface area contributed by atoms with Crippen molar-refractivity contribution in [3.05, 3.63) is 47.8 Å². The highest BCUT2D eigenvalue weighted by atomic mass is 32.2. The average molecular weight is 332 g/mol. The van der Waals surface area contributed by atoms with Gasteiger partial charge < -0.3 is 9.88 Å². The largest absolute Gasteiger partial charge is 0.361 e. The van der Waals surface area contributed by atoms with Gasteiger partial charge in [0.25, 0.3) is 0 Å². The van der Waals surface area contributed by atoms with Gasteiger partial charge in [-0.1, -0.05) is 6.07 Å². The van der Waals surface area contributed by atoms with E-state index in [1.807, 2.05) is 49.9 Å². The van der Waals surface area contributed by atoms with Gasteiger partial charge in [0.05, 0.1) is 5.75 Å². The Morgan fingerprint density at radius 1 is 1.39 bits per heavy atom. The Kier molecular flexibility index (Phi) is 4.23. The topological polar surface area (TPSA) is 77.6 Å². The van der Waals surface area contributed by atoms with Crippen LogP contribution >= 0.6 is 0 Å². The van der Waals surface area contributed by atoms with E-state index < -0.39 is 10.0 Å². The van der Waals surface area contributed by atoms with Gasteiger partial charge in [-0.25, -0.2) is 13.1 Å². The lowest BCUT2D eigenvalue weighted by Gasteiger charge is -2.25. The molecule has 6 nitrogen and oxygen atoms in total. The third-order valence-corrected chi connectivity index (χ3v) is 5.37. The fraction of sp³-hybridized carbons (Fsp3) is 0.312. The van der Waals surface area contributed by atoms with Gasteiger partial charge in [0.1, 0.15) is 6.17 Å². The van der Waals surface area contributed by atoms with Crippen molar-refractivity contribution in [2.75, 3.05) is 14.1 Å². The molecule has 0 fully saturated rings. The second kappa shape index (κ2) is 6.17. The number of allylic oxidation sites excluding steroid dienone is 1. The number of aliphatic imine (C=N–C) groups is 1. The second-order valence-corrected chi connectivity index (χ2v) is 7.57. The van der Waals surface area contributed by atoms with Gasteiger partial charge in [0.2, 0.25) is 10.0 Å². The second-order valence-electron chi connectivity index (χ2n) is 5.65. The molecule has 0 radical (unpaired) electrons. The van der Waals surface area contributed by atoms with E-state index >= 15 is 0 Å². The first-order chi connectivity index (χ1) is 11.0. The van der Waals surface area contributed by atoms with Crippen LogP contribution in [0, 0.1) is 0 Å². The van der Waals surface area contributed by atoms with Crippen LogP contribution in [0.3, 0.4) is 0 Å². The average Bonchev–Trinajstić information content (AvgIpc) is 2.92. The zero-order valence-electron chi connectivity index (χ0n) is 13.2. The van der Waals surface area contributed by atoms with Crippen molar-refractivity contribution in [2.24, 2.45) is 4.99 Å². The maximum Gasteiger partial charge on any atom is 0.215 e. The maximum atomic E-state index is 11.7. The molecule has 1 aliphatic heterocycles. The minimum atomic E-state index is -3.27. The number of aromatic amines is 1. The molecule has 0 bridgehead atoms. The van der Waals surface area contributed by atoms with Crippen molar-refractivity contribution in [1.29, 1.82) is 0 Å². The lowest BCUT2D eigenvalue weighted by Crippen LogP contribution is -2.29. The first kappa shape index (κ1) is 15.8. The first-order valence-electron chi connectivity index (χ1n) is 7.40. The quantitative estimate of drug-likeness (QED) is 0.873. The molecule has 2 aromatic rings. The minimum Gasteiger partial charge on any atom is -0.361 e. The molecule has 2 N–H and O–H groups in total. The van der Waals surface area contributed by atoms with Gasteiger partial charge >= 0.3 is 0 Å². The summed E-state index contributed by atoms with van der Waals surface area (Å²) >= 11 is 0. The number of hydrogen-bond donors (Lipinski definition) is 2. The smallest absolute Gasteiger partial charge is 0.215 e. The molecule has 1 aliphatic rings. The highest BCUT2D eigenvalue weighted by Crippen LogP contribution is 2.23. The van der Waals surface area contributed by atoms with E-state index in [1.54, 1.807) is 0 Å². The number of fused-ring (bicyclic) bond motifs is 1. The number of benzene rings is 1. The number of nitrogens with one attached hydrogen (secondary N) is 2. The Morgan fingerprint density at radius 3 is 2.96 bits per heavy atom. The molecule has 0 spiro atoms. The summed E-state index contributed by atoms with van der Waals surface area (Å²) < 4.78 is 25.8. The van der Waals surface area contributed by atoms with Crippen LogP contribution in [-0.2, 0) is 22.2 Å². The van der Waals surface area contributed by atoms with E-state index in [0.717, 1.165) is 28.5 Å². The molecule has 23 heavy (non-hydrogen) atoms. The number of rotatable bonds is 5. The molecule has 1 aromatic heterocycles. The summed E-state index contributed by atoms with van der Waals surface area (Å²) in [6.45, 7) is 0. The summed E-state index contributed by atoms with van der Waals surface area (Å²) in [7, 11) is 0.154. The van der Waals surface area contributed by atoms with Gasteiger partial charge in [0.15, 0.2) is 0 Å². The molecule has 122 valence electrons. The van der Waals surface area contributed by atoms with Crippen LogP contribution in [0.1, 0.15) is 11.1 Å². The lowest BCUT2D eigenvalue weighted by molar-refractivity contribution is 0.335. The summed E-state index contributed by atoms with van der Waals surface area (Å²) in [5.74, 6) is -0.0196. The molecule has 0 saturated carbocycles. The molecular weight excluding hydrogens is 312 g/mol. The summed E-state index contributed by atoms with van der Waals surface area (Å²) in [4.78, 5) is 9.79. The molecule has 2 heterocycles. The number of likely N-dealkylation sites (N-methyl/N-ethyl adjacent to an activating group) is 1. The Labute approximate surface area is 136 Å². The standard InChI is InChI=1S/C16H20N4O2S/c1-17-23(21,22)11-12-4-5-15-14(8-12)13(10-19-15)9-16-18-6-3-7-20(16)2/h3-8,10,16-17,19H,9,11H2,1-2H3/t16-/m0/s1. The number of nitrogens with zero attached hydrogens (tertiary/aromatic N) is 2. The highest BCUT2D eigenvalue weighted by molar-refractivity contribution is 7.88. The van der Waals surface area contributed by atoms with Crippen molar-refractivity contribution >= 4 is 27.1 Å². The van der Waals surface area contributed by atoms with Gasteiger partial charge in [-0.2, -0.15) is 0 Å². The van der Waals surface area contributed by atoms with Crippen molar-refractivity contribution in [3.63, 3.8) is 0 Å². The van der Waals surface area contributed by atoms with Crippen LogP contribution in [0.25, 0.3) is 10.9 Å². The van der Waals surface area contributed by atoms with Crippen molar-refractivity contribution in [1.82, 2.24) is 14.6 Å². The highest BCUT2D eigenvalue weighted by Gasteiger charge is 2.16. The SMILES string of the molecule is CNS(=O)(=O)Cc1ccc2[nH]cc(C[C@H]3N=CC=CN3C)c2c1. The van der Waals surface area contributed by atoms with Crippen LogP contribution in [0.15, 0.2) is 41.7 Å². The fourth-order valence-electron chi connectivity index (χ4n) is 2.70. The van der Waals surface area contributed by atoms with E-state index in [1.165, 1.54) is 7.05 Å².